The van der Waals surface area contributed by atoms with Crippen molar-refractivity contribution >= 4 is 18.1 Å². The van der Waals surface area contributed by atoms with Gasteiger partial charge >= 0.3 is 0 Å². The summed E-state index contributed by atoms with van der Waals surface area (Å²) in [6, 6.07) is 6.67. The van der Waals surface area contributed by atoms with Crippen LogP contribution in [-0.2, 0) is 12.8 Å². The predicted molar refractivity (Wildman–Crippen MR) is 55.3 cm³/mol. The van der Waals surface area contributed by atoms with Crippen molar-refractivity contribution in [2.45, 2.75) is 19.3 Å². The van der Waals surface area contributed by atoms with Crippen LogP contribution in [0.25, 0.3) is 0 Å². The largest absolute Gasteiger partial charge is 0.388 e. The molecule has 0 aliphatic heterocycles. The molecule has 1 nitrogen and oxygen atoms in total. The standard InChI is InChI=1S/C10H13N.ClH/c1-11-10-6-5-8-3-2-4-9(8)7-10;/h5-7,11H,2-4H2,1H3;1H. The van der Waals surface area contributed by atoms with Gasteiger partial charge in [0, 0.05) is 12.7 Å². The van der Waals surface area contributed by atoms with Gasteiger partial charge in [-0.15, -0.1) is 12.4 Å². The molecule has 0 unspecified atom stereocenters. The van der Waals surface area contributed by atoms with Gasteiger partial charge in [-0.2, -0.15) is 0 Å². The Bertz CT molecular complexity index is 271. The summed E-state index contributed by atoms with van der Waals surface area (Å²) in [5.74, 6) is 0. The Balaban J connectivity index is 0.000000720. The van der Waals surface area contributed by atoms with Crippen LogP contribution >= 0.6 is 12.4 Å². The Kier molecular flexibility index (Phi) is 2.99. The summed E-state index contributed by atoms with van der Waals surface area (Å²) in [7, 11) is 1.97. The van der Waals surface area contributed by atoms with Crippen LogP contribution in [0, 0.1) is 0 Å². The molecule has 2 heteroatoms. The average molecular weight is 184 g/mol. The van der Waals surface area contributed by atoms with Crippen LogP contribution in [0.15, 0.2) is 18.2 Å². The molecular weight excluding hydrogens is 170 g/mol. The molecule has 0 atom stereocenters. The molecule has 1 aliphatic carbocycles. The molecule has 0 bridgehead atoms. The lowest BCUT2D eigenvalue weighted by molar-refractivity contribution is 0.912. The Morgan fingerprint density at radius 2 is 1.92 bits per heavy atom. The molecule has 1 aliphatic rings. The lowest BCUT2D eigenvalue weighted by Gasteiger charge is -2.02. The van der Waals surface area contributed by atoms with Gasteiger partial charge in [-0.25, -0.2) is 0 Å². The summed E-state index contributed by atoms with van der Waals surface area (Å²) in [6.07, 6.45) is 3.88. The van der Waals surface area contributed by atoms with Crippen LogP contribution in [0.2, 0.25) is 0 Å². The van der Waals surface area contributed by atoms with Crippen LogP contribution in [0.4, 0.5) is 5.69 Å². The van der Waals surface area contributed by atoms with Gasteiger partial charge < -0.3 is 5.32 Å². The van der Waals surface area contributed by atoms with Crippen molar-refractivity contribution in [1.82, 2.24) is 0 Å². The summed E-state index contributed by atoms with van der Waals surface area (Å²) >= 11 is 0. The molecule has 0 saturated carbocycles. The van der Waals surface area contributed by atoms with E-state index in [1.165, 1.54) is 30.5 Å². The molecule has 0 spiro atoms. The highest BCUT2D eigenvalue weighted by molar-refractivity contribution is 5.85. The fourth-order valence-corrected chi connectivity index (χ4v) is 1.73. The maximum absolute atomic E-state index is 3.16. The van der Waals surface area contributed by atoms with E-state index in [0.29, 0.717) is 0 Å². The molecule has 2 rings (SSSR count). The van der Waals surface area contributed by atoms with E-state index in [1.54, 1.807) is 5.56 Å². The molecule has 1 aromatic rings. The molecule has 0 amide bonds. The molecule has 0 saturated heterocycles. The summed E-state index contributed by atoms with van der Waals surface area (Å²) in [5.41, 5.74) is 4.33. The van der Waals surface area contributed by atoms with E-state index in [2.05, 4.69) is 23.5 Å². The summed E-state index contributed by atoms with van der Waals surface area (Å²) in [6.45, 7) is 0. The van der Waals surface area contributed by atoms with Gasteiger partial charge in [-0.05, 0) is 42.5 Å². The third-order valence-electron chi connectivity index (χ3n) is 2.39. The highest BCUT2D eigenvalue weighted by Crippen LogP contribution is 2.24. The van der Waals surface area contributed by atoms with E-state index in [1.807, 2.05) is 7.05 Å². The monoisotopic (exact) mass is 183 g/mol. The third kappa shape index (κ3) is 1.56. The van der Waals surface area contributed by atoms with Crippen molar-refractivity contribution < 1.29 is 0 Å². The first kappa shape index (κ1) is 9.40. The highest BCUT2D eigenvalue weighted by Gasteiger charge is 2.09. The van der Waals surface area contributed by atoms with Crippen molar-refractivity contribution in [2.75, 3.05) is 12.4 Å². The lowest BCUT2D eigenvalue weighted by Crippen LogP contribution is -1.89. The van der Waals surface area contributed by atoms with Gasteiger partial charge in [0.05, 0.1) is 0 Å². The second-order valence-corrected chi connectivity index (χ2v) is 3.09. The number of benzene rings is 1. The molecule has 1 aromatic carbocycles. The SMILES string of the molecule is CNc1ccc2c(c1)CCC2.Cl. The zero-order valence-electron chi connectivity index (χ0n) is 7.26. The topological polar surface area (TPSA) is 12.0 Å². The minimum Gasteiger partial charge on any atom is -0.388 e. The average Bonchev–Trinajstić information content (AvgIpc) is 2.50. The summed E-state index contributed by atoms with van der Waals surface area (Å²) in [5, 5.41) is 3.16. The van der Waals surface area contributed by atoms with E-state index < -0.39 is 0 Å². The van der Waals surface area contributed by atoms with Crippen LogP contribution in [0.1, 0.15) is 17.5 Å². The number of hydrogen-bond acceptors (Lipinski definition) is 1. The van der Waals surface area contributed by atoms with Crippen LogP contribution in [-0.4, -0.2) is 7.05 Å². The zero-order chi connectivity index (χ0) is 7.68. The molecule has 0 aromatic heterocycles. The number of halogens is 1. The van der Waals surface area contributed by atoms with Crippen molar-refractivity contribution in [3.63, 3.8) is 0 Å². The van der Waals surface area contributed by atoms with Crippen molar-refractivity contribution in [2.24, 2.45) is 0 Å². The number of rotatable bonds is 1. The molecule has 66 valence electrons. The van der Waals surface area contributed by atoms with Crippen LogP contribution in [0.3, 0.4) is 0 Å². The fourth-order valence-electron chi connectivity index (χ4n) is 1.73. The molecule has 0 radical (unpaired) electrons. The van der Waals surface area contributed by atoms with E-state index >= 15 is 0 Å². The highest BCUT2D eigenvalue weighted by atomic mass is 35.5. The fraction of sp³-hybridized carbons (Fsp3) is 0.400. The van der Waals surface area contributed by atoms with Crippen LogP contribution in [0.5, 0.6) is 0 Å². The number of anilines is 1. The zero-order valence-corrected chi connectivity index (χ0v) is 8.08. The normalized spacial score (nSPS) is 13.4. The first-order chi connectivity index (χ1) is 5.40. The van der Waals surface area contributed by atoms with Crippen molar-refractivity contribution in [3.8, 4) is 0 Å². The lowest BCUT2D eigenvalue weighted by atomic mass is 10.1. The first-order valence-corrected chi connectivity index (χ1v) is 4.20. The Labute approximate surface area is 79.6 Å². The van der Waals surface area contributed by atoms with Gasteiger partial charge in [0.2, 0.25) is 0 Å². The summed E-state index contributed by atoms with van der Waals surface area (Å²) < 4.78 is 0. The van der Waals surface area contributed by atoms with E-state index in [-0.39, 0.29) is 12.4 Å². The second-order valence-electron chi connectivity index (χ2n) is 3.09. The minimum absolute atomic E-state index is 0. The minimum atomic E-state index is 0. The van der Waals surface area contributed by atoms with Gasteiger partial charge in [0.25, 0.3) is 0 Å². The Morgan fingerprint density at radius 3 is 2.67 bits per heavy atom. The smallest absolute Gasteiger partial charge is 0.0340 e. The van der Waals surface area contributed by atoms with E-state index in [0.717, 1.165) is 0 Å². The molecule has 0 heterocycles. The van der Waals surface area contributed by atoms with E-state index in [9.17, 15) is 0 Å². The van der Waals surface area contributed by atoms with Crippen LogP contribution < -0.4 is 5.32 Å². The molecule has 1 N–H and O–H groups in total. The molecule has 0 fully saturated rings. The number of nitrogens with one attached hydrogen (secondary N) is 1. The quantitative estimate of drug-likeness (QED) is 0.706. The predicted octanol–water partition coefficient (Wildman–Crippen LogP) is 2.64. The van der Waals surface area contributed by atoms with Crippen molar-refractivity contribution in [1.29, 1.82) is 0 Å². The summed E-state index contributed by atoms with van der Waals surface area (Å²) in [4.78, 5) is 0. The first-order valence-electron chi connectivity index (χ1n) is 4.20. The van der Waals surface area contributed by atoms with Gasteiger partial charge in [0.1, 0.15) is 0 Å². The van der Waals surface area contributed by atoms with Gasteiger partial charge in [-0.1, -0.05) is 6.07 Å². The van der Waals surface area contributed by atoms with Crippen molar-refractivity contribution in [3.05, 3.63) is 29.3 Å². The maximum Gasteiger partial charge on any atom is 0.0340 e. The second kappa shape index (κ2) is 3.81. The number of fused-ring (bicyclic) bond motifs is 1. The Hall–Kier alpha value is -0.690. The van der Waals surface area contributed by atoms with E-state index in [4.69, 9.17) is 0 Å². The Morgan fingerprint density at radius 1 is 1.17 bits per heavy atom. The molecular formula is C10H14ClN. The molecule has 12 heavy (non-hydrogen) atoms. The third-order valence-corrected chi connectivity index (χ3v) is 2.39. The van der Waals surface area contributed by atoms with Gasteiger partial charge in [-0.3, -0.25) is 0 Å². The maximum atomic E-state index is 3.16. The number of hydrogen-bond donors (Lipinski definition) is 1. The number of aryl methyl sites for hydroxylation is 2. The van der Waals surface area contributed by atoms with Gasteiger partial charge in [0.15, 0.2) is 0 Å².